The van der Waals surface area contributed by atoms with Crippen LogP contribution < -0.4 is 15.4 Å². The number of nitro benzene ring substituents is 1. The van der Waals surface area contributed by atoms with Crippen molar-refractivity contribution in [1.29, 1.82) is 0 Å². The molecule has 0 aliphatic heterocycles. The van der Waals surface area contributed by atoms with E-state index < -0.39 is 16.7 Å². The summed E-state index contributed by atoms with van der Waals surface area (Å²) in [5.41, 5.74) is 0.500. The minimum absolute atomic E-state index is 0.0252. The van der Waals surface area contributed by atoms with Gasteiger partial charge in [0.15, 0.2) is 5.13 Å². The topological polar surface area (TPSA) is 123 Å². The average molecular weight is 336 g/mol. The molecule has 0 radical (unpaired) electrons. The molecule has 120 valence electrons. The fourth-order valence-corrected chi connectivity index (χ4v) is 2.33. The number of methoxy groups -OCH3 is 1. The summed E-state index contributed by atoms with van der Waals surface area (Å²) < 4.78 is 5.00. The number of nitrogens with zero attached hydrogens (tertiary/aromatic N) is 2. The van der Waals surface area contributed by atoms with Crippen molar-refractivity contribution in [3.05, 3.63) is 39.4 Å². The molecule has 23 heavy (non-hydrogen) atoms. The first kappa shape index (κ1) is 16.4. The van der Waals surface area contributed by atoms with Crippen LogP contribution in [0.4, 0.5) is 16.5 Å². The molecule has 0 atom stereocenters. The van der Waals surface area contributed by atoms with E-state index in [1.165, 1.54) is 30.6 Å². The van der Waals surface area contributed by atoms with Crippen molar-refractivity contribution in [1.82, 2.24) is 4.98 Å². The van der Waals surface area contributed by atoms with Gasteiger partial charge in [-0.1, -0.05) is 0 Å². The Kier molecular flexibility index (Phi) is 4.86. The lowest BCUT2D eigenvalue weighted by atomic mass is 10.2. The van der Waals surface area contributed by atoms with Crippen molar-refractivity contribution in [3.63, 3.8) is 0 Å². The van der Waals surface area contributed by atoms with Gasteiger partial charge in [0.1, 0.15) is 5.75 Å². The first-order chi connectivity index (χ1) is 10.9. The molecule has 2 rings (SSSR count). The Morgan fingerprint density at radius 1 is 1.30 bits per heavy atom. The number of nitro groups is 1. The van der Waals surface area contributed by atoms with Gasteiger partial charge in [-0.3, -0.25) is 25.0 Å². The molecule has 10 heteroatoms. The van der Waals surface area contributed by atoms with Gasteiger partial charge in [0.25, 0.3) is 5.69 Å². The van der Waals surface area contributed by atoms with Crippen LogP contribution in [0.5, 0.6) is 5.75 Å². The normalized spacial score (nSPS) is 10.0. The predicted molar refractivity (Wildman–Crippen MR) is 83.8 cm³/mol. The number of rotatable bonds is 4. The van der Waals surface area contributed by atoms with E-state index in [1.807, 2.05) is 0 Å². The maximum Gasteiger partial charge on any atom is 0.315 e. The van der Waals surface area contributed by atoms with Crippen molar-refractivity contribution in [3.8, 4) is 5.75 Å². The highest BCUT2D eigenvalue weighted by atomic mass is 32.1. The number of carbonyl (C=O) groups excluding carboxylic acids is 2. The number of hydrogen-bond donors (Lipinski definition) is 2. The highest BCUT2D eigenvalue weighted by Gasteiger charge is 2.19. The first-order valence-electron chi connectivity index (χ1n) is 6.27. The summed E-state index contributed by atoms with van der Waals surface area (Å²) in [5.74, 6) is -1.73. The number of amides is 2. The van der Waals surface area contributed by atoms with Gasteiger partial charge in [-0.2, -0.15) is 0 Å². The third kappa shape index (κ3) is 4.01. The van der Waals surface area contributed by atoms with E-state index in [0.29, 0.717) is 5.69 Å². The SMILES string of the molecule is COc1ccc([N+](=O)[O-])cc1NC(=O)C(=O)Nc1nc(C)cs1. The minimum Gasteiger partial charge on any atom is -0.495 e. The van der Waals surface area contributed by atoms with E-state index in [1.54, 1.807) is 12.3 Å². The van der Waals surface area contributed by atoms with Crippen LogP contribution in [0.2, 0.25) is 0 Å². The molecule has 2 amide bonds. The Morgan fingerprint density at radius 2 is 2.00 bits per heavy atom. The zero-order valence-electron chi connectivity index (χ0n) is 12.2. The molecule has 0 spiro atoms. The summed E-state index contributed by atoms with van der Waals surface area (Å²) in [6.45, 7) is 1.75. The second kappa shape index (κ2) is 6.83. The molecule has 0 aliphatic rings. The van der Waals surface area contributed by atoms with Gasteiger partial charge in [-0.25, -0.2) is 4.98 Å². The summed E-state index contributed by atoms with van der Waals surface area (Å²) in [6.07, 6.45) is 0. The van der Waals surface area contributed by atoms with E-state index in [-0.39, 0.29) is 22.3 Å². The molecule has 0 saturated heterocycles. The number of anilines is 2. The number of hydrogen-bond acceptors (Lipinski definition) is 7. The average Bonchev–Trinajstić information content (AvgIpc) is 2.92. The summed E-state index contributed by atoms with van der Waals surface area (Å²) in [6, 6.07) is 3.67. The molecule has 0 unspecified atom stereocenters. The van der Waals surface area contributed by atoms with Crippen LogP contribution in [0.1, 0.15) is 5.69 Å². The van der Waals surface area contributed by atoms with E-state index in [9.17, 15) is 19.7 Å². The highest BCUT2D eigenvalue weighted by Crippen LogP contribution is 2.28. The third-order valence-electron chi connectivity index (χ3n) is 2.69. The summed E-state index contributed by atoms with van der Waals surface area (Å²) in [5, 5.41) is 17.4. The molecule has 0 fully saturated rings. The van der Waals surface area contributed by atoms with E-state index in [0.717, 1.165) is 6.07 Å². The van der Waals surface area contributed by atoms with Crippen LogP contribution in [0.25, 0.3) is 0 Å². The standard InChI is InChI=1S/C13H12N4O5S/c1-7-6-23-13(14-7)16-12(19)11(18)15-9-5-8(17(20)21)3-4-10(9)22-2/h3-6H,1-2H3,(H,15,18)(H,14,16,19). The third-order valence-corrected chi connectivity index (χ3v) is 3.56. The maximum atomic E-state index is 11.9. The molecule has 0 bridgehead atoms. The Morgan fingerprint density at radius 3 is 2.57 bits per heavy atom. The van der Waals surface area contributed by atoms with Crippen molar-refractivity contribution < 1.29 is 19.2 Å². The fourth-order valence-electron chi connectivity index (χ4n) is 1.65. The minimum atomic E-state index is -0.989. The smallest absolute Gasteiger partial charge is 0.315 e. The van der Waals surface area contributed by atoms with E-state index in [4.69, 9.17) is 4.74 Å². The summed E-state index contributed by atoms with van der Waals surface area (Å²) in [4.78, 5) is 37.9. The first-order valence-corrected chi connectivity index (χ1v) is 7.15. The Balaban J connectivity index is 2.13. The monoisotopic (exact) mass is 336 g/mol. The second-order valence-corrected chi connectivity index (χ2v) is 5.20. The number of non-ortho nitro benzene ring substituents is 1. The maximum absolute atomic E-state index is 11.9. The second-order valence-electron chi connectivity index (χ2n) is 4.34. The van der Waals surface area contributed by atoms with Crippen molar-refractivity contribution in [2.45, 2.75) is 6.92 Å². The van der Waals surface area contributed by atoms with Crippen molar-refractivity contribution in [2.75, 3.05) is 17.7 Å². The zero-order valence-corrected chi connectivity index (χ0v) is 13.0. The van der Waals surface area contributed by atoms with E-state index in [2.05, 4.69) is 15.6 Å². The zero-order chi connectivity index (χ0) is 17.0. The van der Waals surface area contributed by atoms with Gasteiger partial charge in [0.05, 0.1) is 23.4 Å². The van der Waals surface area contributed by atoms with E-state index >= 15 is 0 Å². The van der Waals surface area contributed by atoms with Crippen LogP contribution in [-0.2, 0) is 9.59 Å². The number of carbonyl (C=O) groups is 2. The number of ether oxygens (including phenoxy) is 1. The lowest BCUT2D eigenvalue weighted by Gasteiger charge is -2.09. The molecule has 1 aromatic heterocycles. The molecule has 1 heterocycles. The fraction of sp³-hybridized carbons (Fsp3) is 0.154. The highest BCUT2D eigenvalue weighted by molar-refractivity contribution is 7.14. The molecule has 0 aliphatic carbocycles. The van der Waals surface area contributed by atoms with Crippen molar-refractivity contribution >= 4 is 39.7 Å². The number of benzene rings is 1. The summed E-state index contributed by atoms with van der Waals surface area (Å²) >= 11 is 1.18. The number of nitrogens with one attached hydrogen (secondary N) is 2. The Hall–Kier alpha value is -3.01. The van der Waals surface area contributed by atoms with Crippen LogP contribution in [0.3, 0.4) is 0 Å². The van der Waals surface area contributed by atoms with Crippen LogP contribution in [-0.4, -0.2) is 28.8 Å². The molecule has 1 aromatic carbocycles. The van der Waals surface area contributed by atoms with Gasteiger partial charge >= 0.3 is 11.8 Å². The molecular weight excluding hydrogens is 324 g/mol. The molecule has 2 aromatic rings. The van der Waals surface area contributed by atoms with Gasteiger partial charge in [0.2, 0.25) is 0 Å². The molecule has 2 N–H and O–H groups in total. The number of thiazole rings is 1. The lowest BCUT2D eigenvalue weighted by Crippen LogP contribution is -2.29. The lowest BCUT2D eigenvalue weighted by molar-refractivity contribution is -0.384. The molecule has 9 nitrogen and oxygen atoms in total. The van der Waals surface area contributed by atoms with Crippen LogP contribution in [0.15, 0.2) is 23.6 Å². The summed E-state index contributed by atoms with van der Waals surface area (Å²) in [7, 11) is 1.34. The quantitative estimate of drug-likeness (QED) is 0.499. The van der Waals surface area contributed by atoms with Gasteiger partial charge in [-0.05, 0) is 13.0 Å². The van der Waals surface area contributed by atoms with Crippen molar-refractivity contribution in [2.24, 2.45) is 0 Å². The number of aryl methyl sites for hydroxylation is 1. The van der Waals surface area contributed by atoms with Crippen LogP contribution >= 0.6 is 11.3 Å². The Bertz CT molecular complexity index is 773. The molecule has 0 saturated carbocycles. The van der Waals surface area contributed by atoms with Gasteiger partial charge in [-0.15, -0.1) is 11.3 Å². The largest absolute Gasteiger partial charge is 0.495 e. The molecular formula is C13H12N4O5S. The van der Waals surface area contributed by atoms with Gasteiger partial charge in [0, 0.05) is 17.5 Å². The number of aromatic nitrogens is 1. The van der Waals surface area contributed by atoms with Gasteiger partial charge < -0.3 is 10.1 Å². The van der Waals surface area contributed by atoms with Crippen LogP contribution in [0, 0.1) is 17.0 Å². The predicted octanol–water partition coefficient (Wildman–Crippen LogP) is 1.95. The Labute approximate surface area is 134 Å².